The van der Waals surface area contributed by atoms with Crippen molar-refractivity contribution < 1.29 is 4.79 Å². The van der Waals surface area contributed by atoms with Crippen LogP contribution in [-0.4, -0.2) is 63.7 Å². The van der Waals surface area contributed by atoms with Gasteiger partial charge in [0.2, 0.25) is 0 Å². The number of nitrogens with zero attached hydrogens (tertiary/aromatic N) is 6. The van der Waals surface area contributed by atoms with Crippen molar-refractivity contribution in [2.45, 2.75) is 19.0 Å². The molecule has 8 heteroatoms. The van der Waals surface area contributed by atoms with Crippen LogP contribution in [0, 0.1) is 11.3 Å². The lowest BCUT2D eigenvalue weighted by Crippen LogP contribution is -2.28. The van der Waals surface area contributed by atoms with E-state index in [1.165, 1.54) is 0 Å². The Labute approximate surface area is 153 Å². The summed E-state index contributed by atoms with van der Waals surface area (Å²) in [5.41, 5.74) is 2.63. The number of hydrogen-bond donors (Lipinski definition) is 1. The molecule has 2 aromatic heterocycles. The van der Waals surface area contributed by atoms with Gasteiger partial charge in [-0.15, -0.1) is 0 Å². The molecule has 8 nitrogen and oxygen atoms in total. The molecule has 0 saturated carbocycles. The zero-order chi connectivity index (χ0) is 18.7. The van der Waals surface area contributed by atoms with Crippen molar-refractivity contribution in [3.63, 3.8) is 0 Å². The van der Waals surface area contributed by atoms with Crippen LogP contribution in [0.2, 0.25) is 0 Å². The Morgan fingerprint density at radius 3 is 3.04 bits per heavy atom. The number of rotatable bonds is 5. The van der Waals surface area contributed by atoms with Crippen LogP contribution in [-0.2, 0) is 13.6 Å². The van der Waals surface area contributed by atoms with E-state index in [0.29, 0.717) is 17.9 Å². The third-order valence-corrected chi connectivity index (χ3v) is 4.45. The second kappa shape index (κ2) is 7.54. The average molecular weight is 353 g/mol. The summed E-state index contributed by atoms with van der Waals surface area (Å²) >= 11 is 0. The lowest BCUT2D eigenvalue weighted by molar-refractivity contribution is 0.0819. The smallest absolute Gasteiger partial charge is 0.274 e. The number of aromatic nitrogens is 3. The zero-order valence-electron chi connectivity index (χ0n) is 15.3. The molecule has 3 heterocycles. The second-order valence-electron chi connectivity index (χ2n) is 6.75. The Balaban J connectivity index is 1.65. The topological polar surface area (TPSA) is 90.1 Å². The van der Waals surface area contributed by atoms with Crippen LogP contribution in [0.3, 0.4) is 0 Å². The Bertz CT molecular complexity index is 836. The van der Waals surface area contributed by atoms with Gasteiger partial charge in [-0.05, 0) is 18.6 Å². The van der Waals surface area contributed by atoms with Gasteiger partial charge in [0.25, 0.3) is 5.91 Å². The van der Waals surface area contributed by atoms with Gasteiger partial charge < -0.3 is 10.2 Å². The highest BCUT2D eigenvalue weighted by atomic mass is 16.2. The van der Waals surface area contributed by atoms with E-state index in [-0.39, 0.29) is 11.9 Å². The van der Waals surface area contributed by atoms with Gasteiger partial charge in [-0.25, -0.2) is 4.98 Å². The number of carbonyl (C=O) groups is 1. The summed E-state index contributed by atoms with van der Waals surface area (Å²) < 4.78 is 1.69. The molecule has 26 heavy (non-hydrogen) atoms. The maximum absolute atomic E-state index is 12.3. The van der Waals surface area contributed by atoms with Crippen LogP contribution in [0.25, 0.3) is 0 Å². The second-order valence-corrected chi connectivity index (χ2v) is 6.75. The number of amides is 1. The van der Waals surface area contributed by atoms with E-state index in [1.807, 2.05) is 25.4 Å². The molecule has 1 N–H and O–H groups in total. The molecule has 1 amide bonds. The van der Waals surface area contributed by atoms with Gasteiger partial charge in [0, 0.05) is 64.8 Å². The van der Waals surface area contributed by atoms with E-state index >= 15 is 0 Å². The number of pyridine rings is 1. The molecule has 0 aliphatic carbocycles. The molecule has 2 aromatic rings. The first-order chi connectivity index (χ1) is 12.5. The van der Waals surface area contributed by atoms with Gasteiger partial charge in [0.05, 0.1) is 5.69 Å². The van der Waals surface area contributed by atoms with Gasteiger partial charge in [-0.3, -0.25) is 14.4 Å². The number of anilines is 1. The summed E-state index contributed by atoms with van der Waals surface area (Å²) in [7, 11) is 5.30. The molecule has 0 aromatic carbocycles. The molecule has 0 bridgehead atoms. The Hall–Kier alpha value is -2.92. The SMILES string of the molecule is CN(C)C(=O)c1nn(C)cc1CN1CCC(Nc2cccnc2C#N)C1. The zero-order valence-corrected chi connectivity index (χ0v) is 15.3. The van der Waals surface area contributed by atoms with Crippen LogP contribution < -0.4 is 5.32 Å². The van der Waals surface area contributed by atoms with E-state index in [2.05, 4.69) is 26.4 Å². The van der Waals surface area contributed by atoms with Crippen LogP contribution >= 0.6 is 0 Å². The molecule has 1 aliphatic rings. The first kappa shape index (κ1) is 17.9. The van der Waals surface area contributed by atoms with Crippen LogP contribution in [0.4, 0.5) is 5.69 Å². The highest BCUT2D eigenvalue weighted by Gasteiger charge is 2.26. The molecule has 136 valence electrons. The summed E-state index contributed by atoms with van der Waals surface area (Å²) in [6.45, 7) is 2.44. The molecule has 1 unspecified atom stereocenters. The van der Waals surface area contributed by atoms with Crippen molar-refractivity contribution in [1.29, 1.82) is 5.26 Å². The minimum Gasteiger partial charge on any atom is -0.379 e. The van der Waals surface area contributed by atoms with Crippen molar-refractivity contribution in [3.8, 4) is 6.07 Å². The molecule has 1 saturated heterocycles. The van der Waals surface area contributed by atoms with Gasteiger partial charge in [-0.2, -0.15) is 10.4 Å². The lowest BCUT2D eigenvalue weighted by Gasteiger charge is -2.18. The van der Waals surface area contributed by atoms with Crippen molar-refractivity contribution in [1.82, 2.24) is 24.6 Å². The quantitative estimate of drug-likeness (QED) is 0.865. The highest BCUT2D eigenvalue weighted by Crippen LogP contribution is 2.20. The van der Waals surface area contributed by atoms with Crippen molar-refractivity contribution in [2.24, 2.45) is 7.05 Å². The van der Waals surface area contributed by atoms with Gasteiger partial charge >= 0.3 is 0 Å². The summed E-state index contributed by atoms with van der Waals surface area (Å²) in [5.74, 6) is -0.0801. The van der Waals surface area contributed by atoms with E-state index < -0.39 is 0 Å². The molecule has 1 atom stereocenters. The van der Waals surface area contributed by atoms with E-state index in [9.17, 15) is 4.79 Å². The number of hydrogen-bond acceptors (Lipinski definition) is 6. The van der Waals surface area contributed by atoms with Crippen LogP contribution in [0.15, 0.2) is 24.5 Å². The van der Waals surface area contributed by atoms with Gasteiger partial charge in [0.15, 0.2) is 11.4 Å². The Morgan fingerprint density at radius 1 is 1.50 bits per heavy atom. The van der Waals surface area contributed by atoms with E-state index in [1.54, 1.807) is 29.9 Å². The molecular weight excluding hydrogens is 330 g/mol. The standard InChI is InChI=1S/C18H23N7O/c1-23(2)18(26)17-13(10-24(3)22-17)11-25-8-6-14(12-25)21-15-5-4-7-20-16(15)9-19/h4-5,7,10,14,21H,6,8,11-12H2,1-3H3. The van der Waals surface area contributed by atoms with Crippen molar-refractivity contribution in [3.05, 3.63) is 41.5 Å². The predicted molar refractivity (Wildman–Crippen MR) is 97.5 cm³/mol. The Kier molecular flexibility index (Phi) is 5.19. The maximum atomic E-state index is 12.3. The molecule has 0 radical (unpaired) electrons. The van der Waals surface area contributed by atoms with Crippen LogP contribution in [0.5, 0.6) is 0 Å². The molecular formula is C18H23N7O. The van der Waals surface area contributed by atoms with Crippen molar-refractivity contribution >= 4 is 11.6 Å². The Morgan fingerprint density at radius 2 is 2.31 bits per heavy atom. The number of likely N-dealkylation sites (tertiary alicyclic amines) is 1. The number of aryl methyl sites for hydroxylation is 1. The first-order valence-corrected chi connectivity index (χ1v) is 8.56. The molecule has 1 aliphatic heterocycles. The number of carbonyl (C=O) groups excluding carboxylic acids is 1. The van der Waals surface area contributed by atoms with E-state index in [0.717, 1.165) is 30.8 Å². The molecule has 3 rings (SSSR count). The summed E-state index contributed by atoms with van der Waals surface area (Å²) in [6.07, 6.45) is 4.50. The number of nitriles is 1. The summed E-state index contributed by atoms with van der Waals surface area (Å²) in [5, 5.41) is 16.9. The predicted octanol–water partition coefficient (Wildman–Crippen LogP) is 1.07. The summed E-state index contributed by atoms with van der Waals surface area (Å²) in [6, 6.07) is 6.06. The summed E-state index contributed by atoms with van der Waals surface area (Å²) in [4.78, 5) is 20.2. The normalized spacial score (nSPS) is 17.1. The third-order valence-electron chi connectivity index (χ3n) is 4.45. The first-order valence-electron chi connectivity index (χ1n) is 8.56. The number of nitrogens with one attached hydrogen (secondary N) is 1. The minimum absolute atomic E-state index is 0.0801. The van der Waals surface area contributed by atoms with Gasteiger partial charge in [-0.1, -0.05) is 0 Å². The van der Waals surface area contributed by atoms with Crippen molar-refractivity contribution in [2.75, 3.05) is 32.5 Å². The van der Waals surface area contributed by atoms with E-state index in [4.69, 9.17) is 5.26 Å². The largest absolute Gasteiger partial charge is 0.379 e. The lowest BCUT2D eigenvalue weighted by atomic mass is 10.2. The van der Waals surface area contributed by atoms with Gasteiger partial charge in [0.1, 0.15) is 6.07 Å². The monoisotopic (exact) mass is 353 g/mol. The van der Waals surface area contributed by atoms with Crippen LogP contribution in [0.1, 0.15) is 28.2 Å². The average Bonchev–Trinajstić information content (AvgIpc) is 3.21. The molecule has 1 fully saturated rings. The molecule has 0 spiro atoms. The maximum Gasteiger partial charge on any atom is 0.274 e. The highest BCUT2D eigenvalue weighted by molar-refractivity contribution is 5.93. The third kappa shape index (κ3) is 3.83. The minimum atomic E-state index is -0.0801. The fourth-order valence-corrected chi connectivity index (χ4v) is 3.21. The fourth-order valence-electron chi connectivity index (χ4n) is 3.21. The fraction of sp³-hybridized carbons (Fsp3) is 0.444.